The zero-order valence-corrected chi connectivity index (χ0v) is 12.3. The Bertz CT molecular complexity index is 868. The summed E-state index contributed by atoms with van der Waals surface area (Å²) in [4.78, 5) is 20.5. The number of anilines is 2. The van der Waals surface area contributed by atoms with Gasteiger partial charge in [-0.1, -0.05) is 30.3 Å². The molecule has 0 saturated heterocycles. The summed E-state index contributed by atoms with van der Waals surface area (Å²) < 4.78 is 0. The Morgan fingerprint density at radius 2 is 1.96 bits per heavy atom. The number of fused-ring (bicyclic) bond motifs is 1. The summed E-state index contributed by atoms with van der Waals surface area (Å²) in [5, 5.41) is 19.2. The third kappa shape index (κ3) is 2.73. The van der Waals surface area contributed by atoms with Gasteiger partial charge in [0, 0.05) is 18.2 Å². The molecule has 3 rings (SSSR count). The fourth-order valence-corrected chi connectivity index (χ4v) is 2.18. The van der Waals surface area contributed by atoms with Gasteiger partial charge in [0.15, 0.2) is 11.6 Å². The molecule has 0 aliphatic rings. The Morgan fingerprint density at radius 1 is 1.22 bits per heavy atom. The van der Waals surface area contributed by atoms with Gasteiger partial charge in [-0.2, -0.15) is 0 Å². The number of amides is 1. The van der Waals surface area contributed by atoms with Crippen molar-refractivity contribution in [3.05, 3.63) is 36.4 Å². The van der Waals surface area contributed by atoms with Gasteiger partial charge in [-0.05, 0) is 6.92 Å². The number of benzene rings is 1. The quantitative estimate of drug-likeness (QED) is 0.760. The first kappa shape index (κ1) is 14.6. The maximum absolute atomic E-state index is 11.1. The Morgan fingerprint density at radius 3 is 2.61 bits per heavy atom. The molecule has 0 bridgehead atoms. The summed E-state index contributed by atoms with van der Waals surface area (Å²) >= 11 is 0. The molecule has 0 aliphatic carbocycles. The predicted octanol–water partition coefficient (Wildman–Crippen LogP) is 0.839. The van der Waals surface area contributed by atoms with Gasteiger partial charge in [0.05, 0.1) is 0 Å². The summed E-state index contributed by atoms with van der Waals surface area (Å²) in [6, 6.07) is 10.8. The van der Waals surface area contributed by atoms with Gasteiger partial charge in [-0.15, -0.1) is 10.2 Å². The smallest absolute Gasteiger partial charge is 0.182 e. The molecular weight excluding hydrogens is 296 g/mol. The minimum Gasteiger partial charge on any atom is -0.530 e. The van der Waals surface area contributed by atoms with E-state index in [0.717, 1.165) is 10.5 Å². The molecule has 3 aromatic rings. The molecule has 0 unspecified atom stereocenters. The van der Waals surface area contributed by atoms with E-state index in [-0.39, 0.29) is 18.2 Å². The molecule has 116 valence electrons. The lowest BCUT2D eigenvalue weighted by Gasteiger charge is -2.22. The van der Waals surface area contributed by atoms with Crippen molar-refractivity contribution in [1.29, 1.82) is 0 Å². The lowest BCUT2D eigenvalue weighted by Crippen LogP contribution is -2.41. The van der Waals surface area contributed by atoms with Crippen LogP contribution in [0.5, 0.6) is 0 Å². The molecule has 8 heteroatoms. The summed E-state index contributed by atoms with van der Waals surface area (Å²) in [5.74, 6) is 0.650. The van der Waals surface area contributed by atoms with Gasteiger partial charge in [0.25, 0.3) is 0 Å². The highest BCUT2D eigenvalue weighted by Gasteiger charge is 2.13. The summed E-state index contributed by atoms with van der Waals surface area (Å²) in [5.41, 5.74) is 7.46. The molecule has 0 spiro atoms. The lowest BCUT2D eigenvalue weighted by atomic mass is 10.2. The van der Waals surface area contributed by atoms with Crippen molar-refractivity contribution in [1.82, 2.24) is 20.2 Å². The molecule has 0 fully saturated rings. The summed E-state index contributed by atoms with van der Waals surface area (Å²) in [6.45, 7) is 1.85. The van der Waals surface area contributed by atoms with E-state index >= 15 is 0 Å². The van der Waals surface area contributed by atoms with Crippen LogP contribution >= 0.6 is 0 Å². The first-order valence-corrected chi connectivity index (χ1v) is 6.95. The molecule has 1 aromatic carbocycles. The van der Waals surface area contributed by atoms with Crippen molar-refractivity contribution in [2.24, 2.45) is 0 Å². The minimum absolute atomic E-state index is 0.0873. The van der Waals surface area contributed by atoms with E-state index in [2.05, 4.69) is 20.2 Å². The Kier molecular flexibility index (Phi) is 3.71. The van der Waals surface area contributed by atoms with Crippen molar-refractivity contribution in [2.75, 3.05) is 17.2 Å². The third-order valence-corrected chi connectivity index (χ3v) is 3.30. The molecular formula is C15H13N6O2-. The molecule has 2 aromatic heterocycles. The van der Waals surface area contributed by atoms with Gasteiger partial charge >= 0.3 is 0 Å². The fraction of sp³-hybridized carbons (Fsp3) is 0.133. The van der Waals surface area contributed by atoms with Gasteiger partial charge in [-0.3, -0.25) is 0 Å². The molecule has 0 aliphatic heterocycles. The second-order valence-corrected chi connectivity index (χ2v) is 4.75. The van der Waals surface area contributed by atoms with Crippen LogP contribution in [0.25, 0.3) is 22.4 Å². The van der Waals surface area contributed by atoms with Crippen molar-refractivity contribution < 1.29 is 9.90 Å². The average Bonchev–Trinajstić information content (AvgIpc) is 2.56. The topological polar surface area (TPSA) is 121 Å². The predicted molar refractivity (Wildman–Crippen MR) is 83.4 cm³/mol. The number of rotatable bonds is 3. The number of pyridine rings is 1. The number of hydrogen-bond acceptors (Lipinski definition) is 7. The molecule has 0 saturated carbocycles. The highest BCUT2D eigenvalue weighted by Crippen LogP contribution is 2.23. The lowest BCUT2D eigenvalue weighted by molar-refractivity contribution is -0.246. The highest BCUT2D eigenvalue weighted by molar-refractivity contribution is 5.91. The van der Waals surface area contributed by atoms with Gasteiger partial charge in [-0.25, -0.2) is 9.97 Å². The first-order valence-electron chi connectivity index (χ1n) is 6.95. The zero-order valence-electron chi connectivity index (χ0n) is 12.3. The number of carboxylic acid groups (broad SMARTS) is 1. The SMILES string of the molecule is CCN(C(=O)[O-])c1cc2nnc(-c3ccccc3)nc2c(N)n1. The molecule has 0 atom stereocenters. The Balaban J connectivity index is 2.12. The van der Waals surface area contributed by atoms with Crippen LogP contribution in [0.15, 0.2) is 36.4 Å². The zero-order chi connectivity index (χ0) is 16.4. The van der Waals surface area contributed by atoms with Crippen molar-refractivity contribution in [3.8, 4) is 11.4 Å². The number of hydrogen-bond donors (Lipinski definition) is 1. The monoisotopic (exact) mass is 309 g/mol. The van der Waals surface area contributed by atoms with Crippen molar-refractivity contribution >= 4 is 28.8 Å². The Labute approximate surface area is 131 Å². The highest BCUT2D eigenvalue weighted by atomic mass is 16.4. The van der Waals surface area contributed by atoms with Crippen molar-refractivity contribution in [3.63, 3.8) is 0 Å². The number of aromatic nitrogens is 4. The minimum atomic E-state index is -1.36. The largest absolute Gasteiger partial charge is 0.530 e. The van der Waals surface area contributed by atoms with Crippen LogP contribution in [0.2, 0.25) is 0 Å². The van der Waals surface area contributed by atoms with E-state index in [1.165, 1.54) is 6.07 Å². The Hall–Kier alpha value is -3.29. The van der Waals surface area contributed by atoms with Gasteiger partial charge in [0.2, 0.25) is 0 Å². The molecule has 2 N–H and O–H groups in total. The maximum atomic E-state index is 11.1. The van der Waals surface area contributed by atoms with Crippen LogP contribution in [0, 0.1) is 0 Å². The number of nitrogens with zero attached hydrogens (tertiary/aromatic N) is 5. The fourth-order valence-electron chi connectivity index (χ4n) is 2.18. The van der Waals surface area contributed by atoms with Crippen LogP contribution in [-0.4, -0.2) is 32.8 Å². The summed E-state index contributed by atoms with van der Waals surface area (Å²) in [6.07, 6.45) is -1.36. The van der Waals surface area contributed by atoms with Crippen LogP contribution in [0.3, 0.4) is 0 Å². The number of carbonyl (C=O) groups is 1. The second-order valence-electron chi connectivity index (χ2n) is 4.75. The van der Waals surface area contributed by atoms with Crippen molar-refractivity contribution in [2.45, 2.75) is 6.92 Å². The van der Waals surface area contributed by atoms with E-state index in [4.69, 9.17) is 5.73 Å². The van der Waals surface area contributed by atoms with Gasteiger partial charge in [0.1, 0.15) is 22.9 Å². The summed E-state index contributed by atoms with van der Waals surface area (Å²) in [7, 11) is 0. The average molecular weight is 309 g/mol. The van der Waals surface area contributed by atoms with E-state index in [1.54, 1.807) is 6.92 Å². The van der Waals surface area contributed by atoms with E-state index in [9.17, 15) is 9.90 Å². The van der Waals surface area contributed by atoms with E-state index < -0.39 is 6.09 Å². The van der Waals surface area contributed by atoms with Crippen LogP contribution in [-0.2, 0) is 0 Å². The normalized spacial score (nSPS) is 10.7. The molecule has 8 nitrogen and oxygen atoms in total. The third-order valence-electron chi connectivity index (χ3n) is 3.30. The maximum Gasteiger partial charge on any atom is 0.182 e. The number of nitrogens with two attached hydrogens (primary N) is 1. The molecule has 1 amide bonds. The molecule has 2 heterocycles. The van der Waals surface area contributed by atoms with E-state index in [0.29, 0.717) is 16.9 Å². The standard InChI is InChI=1S/C15H14N6O2/c1-2-21(15(22)23)11-8-10-12(13(16)17-11)18-14(20-19-10)9-6-4-3-5-7-9/h3-8H,2H2,1H3,(H2,16,17)(H,22,23)/p-1. The first-order chi connectivity index (χ1) is 11.1. The van der Waals surface area contributed by atoms with E-state index in [1.807, 2.05) is 30.3 Å². The van der Waals surface area contributed by atoms with Crippen LogP contribution < -0.4 is 15.7 Å². The molecule has 0 radical (unpaired) electrons. The second kappa shape index (κ2) is 5.84. The molecule has 23 heavy (non-hydrogen) atoms. The number of carbonyl (C=O) groups excluding carboxylic acids is 1. The van der Waals surface area contributed by atoms with Crippen LogP contribution in [0.1, 0.15) is 6.92 Å². The number of nitrogen functional groups attached to an aromatic ring is 1. The van der Waals surface area contributed by atoms with Gasteiger partial charge < -0.3 is 20.5 Å². The van der Waals surface area contributed by atoms with Crippen LogP contribution in [0.4, 0.5) is 16.4 Å².